The number of fused-ring (bicyclic) bond motifs is 1. The third kappa shape index (κ3) is 3.64. The molecule has 0 radical (unpaired) electrons. The largest absolute Gasteiger partial charge is 0.341 e. The molecule has 3 heterocycles. The van der Waals surface area contributed by atoms with Gasteiger partial charge in [0.05, 0.1) is 0 Å². The lowest BCUT2D eigenvalue weighted by atomic mass is 9.89. The molecular weight excluding hydrogens is 350 g/mol. The van der Waals surface area contributed by atoms with Gasteiger partial charge in [-0.3, -0.25) is 4.79 Å². The Kier molecular flexibility index (Phi) is 4.67. The average molecular weight is 377 g/mol. The summed E-state index contributed by atoms with van der Waals surface area (Å²) in [6.45, 7) is 7.07. The first-order valence-corrected chi connectivity index (χ1v) is 9.70. The number of carbonyl (C=O) groups is 1. The molecule has 6 nitrogen and oxygen atoms in total. The Bertz CT molecular complexity index is 1010. The van der Waals surface area contributed by atoms with Crippen LogP contribution >= 0.6 is 0 Å². The maximum Gasteiger partial charge on any atom is 0.253 e. The zero-order valence-electron chi connectivity index (χ0n) is 17.0. The van der Waals surface area contributed by atoms with Crippen molar-refractivity contribution in [1.29, 1.82) is 0 Å². The number of pyridine rings is 1. The van der Waals surface area contributed by atoms with Gasteiger partial charge < -0.3 is 9.80 Å². The fourth-order valence-electron chi connectivity index (χ4n) is 4.23. The molecule has 0 N–H and O–H groups in total. The van der Waals surface area contributed by atoms with Gasteiger partial charge in [0.1, 0.15) is 5.82 Å². The molecular formula is C22H27N5O. The van der Waals surface area contributed by atoms with Crippen molar-refractivity contribution in [1.82, 2.24) is 24.4 Å². The molecule has 1 saturated heterocycles. The van der Waals surface area contributed by atoms with Crippen molar-refractivity contribution in [2.75, 3.05) is 33.7 Å². The van der Waals surface area contributed by atoms with E-state index in [9.17, 15) is 4.79 Å². The third-order valence-corrected chi connectivity index (χ3v) is 5.62. The highest BCUT2D eigenvalue weighted by molar-refractivity contribution is 5.94. The fourth-order valence-corrected chi connectivity index (χ4v) is 4.23. The molecule has 6 heteroatoms. The summed E-state index contributed by atoms with van der Waals surface area (Å²) in [5.41, 5.74) is 3.83. The topological polar surface area (TPSA) is 53.7 Å². The van der Waals surface area contributed by atoms with Crippen LogP contribution in [0, 0.1) is 12.3 Å². The number of aryl methyl sites for hydroxylation is 1. The Morgan fingerprint density at radius 3 is 2.57 bits per heavy atom. The number of hydrogen-bond donors (Lipinski definition) is 0. The van der Waals surface area contributed by atoms with Crippen molar-refractivity contribution < 1.29 is 4.79 Å². The highest BCUT2D eigenvalue weighted by Crippen LogP contribution is 2.30. The van der Waals surface area contributed by atoms with Crippen LogP contribution in [0.4, 0.5) is 0 Å². The van der Waals surface area contributed by atoms with Crippen molar-refractivity contribution in [2.45, 2.75) is 20.3 Å². The van der Waals surface area contributed by atoms with Crippen LogP contribution in [0.1, 0.15) is 29.5 Å². The van der Waals surface area contributed by atoms with Crippen LogP contribution in [0.2, 0.25) is 0 Å². The van der Waals surface area contributed by atoms with Gasteiger partial charge in [0.15, 0.2) is 5.65 Å². The Labute approximate surface area is 165 Å². The quantitative estimate of drug-likeness (QED) is 0.701. The van der Waals surface area contributed by atoms with E-state index in [0.717, 1.165) is 54.2 Å². The van der Waals surface area contributed by atoms with Gasteiger partial charge in [0.2, 0.25) is 0 Å². The summed E-state index contributed by atoms with van der Waals surface area (Å²) in [4.78, 5) is 21.4. The third-order valence-electron chi connectivity index (χ3n) is 5.62. The van der Waals surface area contributed by atoms with Crippen molar-refractivity contribution in [3.63, 3.8) is 0 Å². The molecule has 0 aliphatic carbocycles. The van der Waals surface area contributed by atoms with Gasteiger partial charge in [-0.15, -0.1) is 0 Å². The number of carbonyl (C=O) groups excluding carboxylic acids is 1. The Morgan fingerprint density at radius 2 is 1.89 bits per heavy atom. The Hall–Kier alpha value is -2.73. The standard InChI is InChI=1S/C22H27N5O/c1-16-23-20-10-9-19(13-27(20)24-16)17-5-7-18(8-6-17)21(28)26(4)15-22(2)11-12-25(3)14-22/h5-10,13H,11-12,14-15H2,1-4H3/t22-/m0/s1. The first-order chi connectivity index (χ1) is 13.3. The summed E-state index contributed by atoms with van der Waals surface area (Å²) in [6.07, 6.45) is 3.10. The van der Waals surface area contributed by atoms with Gasteiger partial charge in [0, 0.05) is 37.5 Å². The van der Waals surface area contributed by atoms with E-state index in [0.29, 0.717) is 0 Å². The van der Waals surface area contributed by atoms with E-state index in [1.807, 2.05) is 61.5 Å². The maximum atomic E-state index is 12.9. The number of amides is 1. The lowest BCUT2D eigenvalue weighted by Gasteiger charge is -2.30. The van der Waals surface area contributed by atoms with Crippen molar-refractivity contribution in [3.05, 3.63) is 54.0 Å². The molecule has 3 aromatic rings. The van der Waals surface area contributed by atoms with Crippen LogP contribution in [-0.4, -0.2) is 64.0 Å². The molecule has 1 aliphatic rings. The molecule has 4 rings (SSSR count). The van der Waals surface area contributed by atoms with Crippen LogP contribution in [0.15, 0.2) is 42.6 Å². The normalized spacial score (nSPS) is 20.0. The smallest absolute Gasteiger partial charge is 0.253 e. The van der Waals surface area contributed by atoms with Gasteiger partial charge in [-0.25, -0.2) is 9.50 Å². The minimum atomic E-state index is 0.0738. The monoisotopic (exact) mass is 377 g/mol. The molecule has 1 fully saturated rings. The second-order valence-electron chi connectivity index (χ2n) is 8.42. The van der Waals surface area contributed by atoms with E-state index in [1.165, 1.54) is 0 Å². The van der Waals surface area contributed by atoms with Crippen LogP contribution < -0.4 is 0 Å². The minimum absolute atomic E-state index is 0.0738. The first-order valence-electron chi connectivity index (χ1n) is 9.70. The molecule has 0 spiro atoms. The molecule has 0 unspecified atom stereocenters. The van der Waals surface area contributed by atoms with Crippen molar-refractivity contribution in [3.8, 4) is 11.1 Å². The van der Waals surface area contributed by atoms with Gasteiger partial charge >= 0.3 is 0 Å². The van der Waals surface area contributed by atoms with Crippen molar-refractivity contribution >= 4 is 11.6 Å². The Balaban J connectivity index is 1.49. The van der Waals surface area contributed by atoms with E-state index < -0.39 is 0 Å². The average Bonchev–Trinajstić information content (AvgIpc) is 3.21. The summed E-state index contributed by atoms with van der Waals surface area (Å²) in [6, 6.07) is 11.8. The van der Waals surface area contributed by atoms with E-state index in [4.69, 9.17) is 0 Å². The summed E-state index contributed by atoms with van der Waals surface area (Å²) in [7, 11) is 4.05. The van der Waals surface area contributed by atoms with E-state index in [1.54, 1.807) is 4.52 Å². The number of hydrogen-bond acceptors (Lipinski definition) is 4. The second kappa shape index (κ2) is 7.02. The van der Waals surface area contributed by atoms with Crippen LogP contribution in [0.5, 0.6) is 0 Å². The van der Waals surface area contributed by atoms with Crippen molar-refractivity contribution in [2.24, 2.45) is 5.41 Å². The summed E-state index contributed by atoms with van der Waals surface area (Å²) >= 11 is 0. The van der Waals surface area contributed by atoms with Gasteiger partial charge in [-0.2, -0.15) is 5.10 Å². The minimum Gasteiger partial charge on any atom is -0.341 e. The molecule has 2 aromatic heterocycles. The first kappa shape index (κ1) is 18.6. The number of aromatic nitrogens is 3. The summed E-state index contributed by atoms with van der Waals surface area (Å²) in [5, 5.41) is 4.37. The maximum absolute atomic E-state index is 12.9. The molecule has 1 amide bonds. The predicted octanol–water partition coefficient (Wildman–Crippen LogP) is 3.12. The number of rotatable bonds is 4. The van der Waals surface area contributed by atoms with E-state index in [-0.39, 0.29) is 11.3 Å². The summed E-state index contributed by atoms with van der Waals surface area (Å²) in [5.74, 6) is 0.827. The zero-order chi connectivity index (χ0) is 19.9. The number of nitrogens with zero attached hydrogens (tertiary/aromatic N) is 5. The van der Waals surface area contributed by atoms with E-state index >= 15 is 0 Å². The van der Waals surface area contributed by atoms with E-state index in [2.05, 4.69) is 29.0 Å². The Morgan fingerprint density at radius 1 is 1.18 bits per heavy atom. The highest BCUT2D eigenvalue weighted by Gasteiger charge is 2.34. The van der Waals surface area contributed by atoms with Crippen LogP contribution in [0.3, 0.4) is 0 Å². The molecule has 0 saturated carbocycles. The van der Waals surface area contributed by atoms with Crippen LogP contribution in [-0.2, 0) is 0 Å². The highest BCUT2D eigenvalue weighted by atomic mass is 16.2. The SMILES string of the molecule is Cc1nc2ccc(-c3ccc(C(=O)N(C)C[C@@]4(C)CCN(C)C4)cc3)cn2n1. The number of likely N-dealkylation sites (tertiary alicyclic amines) is 1. The molecule has 1 atom stereocenters. The van der Waals surface area contributed by atoms with Gasteiger partial charge in [-0.05, 0) is 62.2 Å². The second-order valence-corrected chi connectivity index (χ2v) is 8.42. The molecule has 1 aromatic carbocycles. The molecule has 146 valence electrons. The lowest BCUT2D eigenvalue weighted by Crippen LogP contribution is -2.38. The molecule has 0 bridgehead atoms. The zero-order valence-corrected chi connectivity index (χ0v) is 17.0. The van der Waals surface area contributed by atoms with Gasteiger partial charge in [-0.1, -0.05) is 19.1 Å². The van der Waals surface area contributed by atoms with Gasteiger partial charge in [0.25, 0.3) is 5.91 Å². The predicted molar refractivity (Wildman–Crippen MR) is 110 cm³/mol. The lowest BCUT2D eigenvalue weighted by molar-refractivity contribution is 0.0730. The number of benzene rings is 1. The fraction of sp³-hybridized carbons (Fsp3) is 0.409. The van der Waals surface area contributed by atoms with Crippen LogP contribution in [0.25, 0.3) is 16.8 Å². The molecule has 28 heavy (non-hydrogen) atoms. The summed E-state index contributed by atoms with van der Waals surface area (Å²) < 4.78 is 1.79. The molecule has 1 aliphatic heterocycles.